The summed E-state index contributed by atoms with van der Waals surface area (Å²) in [6.45, 7) is 2.55. The van der Waals surface area contributed by atoms with Crippen LogP contribution in [0.3, 0.4) is 0 Å². The van der Waals surface area contributed by atoms with Crippen molar-refractivity contribution in [2.45, 2.75) is 19.4 Å². The summed E-state index contributed by atoms with van der Waals surface area (Å²) in [5, 5.41) is 4.67. The van der Waals surface area contributed by atoms with Gasteiger partial charge in [-0.2, -0.15) is 0 Å². The number of halogens is 3. The quantitative estimate of drug-likeness (QED) is 0.739. The predicted molar refractivity (Wildman–Crippen MR) is 105 cm³/mol. The van der Waals surface area contributed by atoms with Gasteiger partial charge in [0.1, 0.15) is 0 Å². The molecule has 1 heterocycles. The van der Waals surface area contributed by atoms with Gasteiger partial charge < -0.3 is 5.32 Å². The Morgan fingerprint density at radius 3 is 2.52 bits per heavy atom. The smallest absolute Gasteiger partial charge is 0.228 e. The molecule has 3 nitrogen and oxygen atoms in total. The molecular formula is C19H19Cl3N2O. The van der Waals surface area contributed by atoms with E-state index in [4.69, 9.17) is 34.8 Å². The average Bonchev–Trinajstić information content (AvgIpc) is 2.60. The number of piperidine rings is 1. The first-order valence-corrected chi connectivity index (χ1v) is 9.37. The minimum atomic E-state index is -0.0483. The molecule has 0 saturated carbocycles. The fourth-order valence-electron chi connectivity index (χ4n) is 3.09. The molecule has 0 aliphatic carbocycles. The largest absolute Gasteiger partial charge is 0.324 e. The number of hydrogen-bond acceptors (Lipinski definition) is 2. The van der Waals surface area contributed by atoms with Crippen LogP contribution >= 0.6 is 34.8 Å². The molecule has 1 atom stereocenters. The van der Waals surface area contributed by atoms with Gasteiger partial charge in [-0.25, -0.2) is 0 Å². The monoisotopic (exact) mass is 396 g/mol. The third-order valence-electron chi connectivity index (χ3n) is 4.38. The van der Waals surface area contributed by atoms with E-state index < -0.39 is 0 Å². The number of nitrogens with one attached hydrogen (secondary N) is 1. The van der Waals surface area contributed by atoms with Crippen molar-refractivity contribution in [3.05, 3.63) is 63.1 Å². The fourth-order valence-corrected chi connectivity index (χ4v) is 3.67. The minimum Gasteiger partial charge on any atom is -0.324 e. The Hall–Kier alpha value is -1.26. The first-order valence-electron chi connectivity index (χ1n) is 8.24. The molecule has 0 spiro atoms. The van der Waals surface area contributed by atoms with E-state index in [1.807, 2.05) is 24.3 Å². The van der Waals surface area contributed by atoms with Crippen LogP contribution in [0.15, 0.2) is 42.5 Å². The van der Waals surface area contributed by atoms with Crippen molar-refractivity contribution < 1.29 is 4.79 Å². The lowest BCUT2D eigenvalue weighted by molar-refractivity contribution is -0.121. The zero-order valence-corrected chi connectivity index (χ0v) is 15.9. The molecular weight excluding hydrogens is 379 g/mol. The maximum atomic E-state index is 12.6. The SMILES string of the molecule is O=C(Nc1ccc(Cl)cc1Cl)[C@@H]1CCCN(Cc2ccc(Cl)cc2)C1. The molecule has 0 bridgehead atoms. The second kappa shape index (κ2) is 8.41. The topological polar surface area (TPSA) is 32.3 Å². The van der Waals surface area contributed by atoms with Crippen molar-refractivity contribution in [2.24, 2.45) is 5.92 Å². The number of likely N-dealkylation sites (tertiary alicyclic amines) is 1. The van der Waals surface area contributed by atoms with Crippen LogP contribution in [-0.4, -0.2) is 23.9 Å². The van der Waals surface area contributed by atoms with Crippen LogP contribution in [0.5, 0.6) is 0 Å². The summed E-state index contributed by atoms with van der Waals surface area (Å²) in [5.41, 5.74) is 1.80. The van der Waals surface area contributed by atoms with Gasteiger partial charge in [0.2, 0.25) is 5.91 Å². The predicted octanol–water partition coefficient (Wildman–Crippen LogP) is 5.50. The Labute approximate surface area is 162 Å². The zero-order chi connectivity index (χ0) is 17.8. The van der Waals surface area contributed by atoms with Crippen LogP contribution in [0.4, 0.5) is 5.69 Å². The van der Waals surface area contributed by atoms with Crippen molar-refractivity contribution in [3.63, 3.8) is 0 Å². The number of hydrogen-bond donors (Lipinski definition) is 1. The molecule has 2 aromatic rings. The molecule has 1 saturated heterocycles. The number of rotatable bonds is 4. The first-order chi connectivity index (χ1) is 12.0. The lowest BCUT2D eigenvalue weighted by Gasteiger charge is -2.32. The van der Waals surface area contributed by atoms with Gasteiger partial charge in [-0.3, -0.25) is 9.69 Å². The first kappa shape index (κ1) is 18.5. The Kier molecular flexibility index (Phi) is 6.24. The molecule has 6 heteroatoms. The molecule has 0 aromatic heterocycles. The number of nitrogens with zero attached hydrogens (tertiary/aromatic N) is 1. The van der Waals surface area contributed by atoms with E-state index in [0.717, 1.165) is 37.5 Å². The lowest BCUT2D eigenvalue weighted by Crippen LogP contribution is -2.40. The number of amides is 1. The summed E-state index contributed by atoms with van der Waals surface area (Å²) in [4.78, 5) is 14.9. The van der Waals surface area contributed by atoms with Gasteiger partial charge in [-0.15, -0.1) is 0 Å². The van der Waals surface area contributed by atoms with Crippen LogP contribution in [0, 0.1) is 5.92 Å². The standard InChI is InChI=1S/C19H19Cl3N2O/c20-15-5-3-13(4-6-15)11-24-9-1-2-14(12-24)19(25)23-18-8-7-16(21)10-17(18)22/h3-8,10,14H,1-2,9,11-12H2,(H,23,25)/t14-/m1/s1. The Balaban J connectivity index is 1.60. The number of anilines is 1. The van der Waals surface area contributed by atoms with Crippen molar-refractivity contribution in [2.75, 3.05) is 18.4 Å². The molecule has 1 aliphatic rings. The molecule has 1 aliphatic heterocycles. The second-order valence-corrected chi connectivity index (χ2v) is 7.59. The molecule has 1 amide bonds. The molecule has 0 radical (unpaired) electrons. The van der Waals surface area contributed by atoms with Crippen LogP contribution < -0.4 is 5.32 Å². The molecule has 132 valence electrons. The van der Waals surface area contributed by atoms with E-state index in [2.05, 4.69) is 10.2 Å². The molecule has 2 aromatic carbocycles. The van der Waals surface area contributed by atoms with Gasteiger partial charge in [0, 0.05) is 23.1 Å². The van der Waals surface area contributed by atoms with E-state index in [-0.39, 0.29) is 11.8 Å². The van der Waals surface area contributed by atoms with Crippen molar-refractivity contribution in [3.8, 4) is 0 Å². The minimum absolute atomic E-state index is 0.00466. The zero-order valence-electron chi connectivity index (χ0n) is 13.6. The summed E-state index contributed by atoms with van der Waals surface area (Å²) in [5.74, 6) is -0.0437. The van der Waals surface area contributed by atoms with E-state index in [1.165, 1.54) is 5.56 Å². The normalized spacial score (nSPS) is 18.1. The van der Waals surface area contributed by atoms with Gasteiger partial charge in [0.15, 0.2) is 0 Å². The van der Waals surface area contributed by atoms with Crippen LogP contribution in [-0.2, 0) is 11.3 Å². The van der Waals surface area contributed by atoms with Gasteiger partial charge in [-0.1, -0.05) is 46.9 Å². The van der Waals surface area contributed by atoms with Gasteiger partial charge in [0.05, 0.1) is 16.6 Å². The molecule has 0 unspecified atom stereocenters. The van der Waals surface area contributed by atoms with E-state index in [9.17, 15) is 4.79 Å². The average molecular weight is 398 g/mol. The van der Waals surface area contributed by atoms with Gasteiger partial charge >= 0.3 is 0 Å². The highest BCUT2D eigenvalue weighted by atomic mass is 35.5. The highest BCUT2D eigenvalue weighted by Crippen LogP contribution is 2.27. The summed E-state index contributed by atoms with van der Waals surface area (Å²) in [6, 6.07) is 12.9. The molecule has 1 N–H and O–H groups in total. The maximum Gasteiger partial charge on any atom is 0.228 e. The molecule has 25 heavy (non-hydrogen) atoms. The Bertz CT molecular complexity index is 749. The van der Waals surface area contributed by atoms with Crippen molar-refractivity contribution in [1.29, 1.82) is 0 Å². The number of carbonyl (C=O) groups is 1. The van der Waals surface area contributed by atoms with E-state index >= 15 is 0 Å². The summed E-state index contributed by atoms with van der Waals surface area (Å²) in [7, 11) is 0. The Morgan fingerprint density at radius 2 is 1.80 bits per heavy atom. The van der Waals surface area contributed by atoms with Crippen LogP contribution in [0.1, 0.15) is 18.4 Å². The summed E-state index contributed by atoms with van der Waals surface area (Å²) in [6.07, 6.45) is 1.88. The Morgan fingerprint density at radius 1 is 1.08 bits per heavy atom. The molecule has 1 fully saturated rings. The molecule has 3 rings (SSSR count). The van der Waals surface area contributed by atoms with Crippen molar-refractivity contribution >= 4 is 46.4 Å². The fraction of sp³-hybridized carbons (Fsp3) is 0.316. The number of benzene rings is 2. The number of carbonyl (C=O) groups excluding carboxylic acids is 1. The summed E-state index contributed by atoms with van der Waals surface area (Å²) < 4.78 is 0. The second-order valence-electron chi connectivity index (χ2n) is 6.31. The van der Waals surface area contributed by atoms with Crippen LogP contribution in [0.2, 0.25) is 15.1 Å². The third-order valence-corrected chi connectivity index (χ3v) is 5.18. The maximum absolute atomic E-state index is 12.6. The highest BCUT2D eigenvalue weighted by Gasteiger charge is 2.26. The van der Waals surface area contributed by atoms with E-state index in [0.29, 0.717) is 15.7 Å². The summed E-state index contributed by atoms with van der Waals surface area (Å²) >= 11 is 18.0. The van der Waals surface area contributed by atoms with E-state index in [1.54, 1.807) is 18.2 Å². The lowest BCUT2D eigenvalue weighted by atomic mass is 9.96. The van der Waals surface area contributed by atoms with Gasteiger partial charge in [0.25, 0.3) is 0 Å². The third kappa shape index (κ3) is 5.11. The van der Waals surface area contributed by atoms with Gasteiger partial charge in [-0.05, 0) is 55.3 Å². The van der Waals surface area contributed by atoms with Crippen molar-refractivity contribution in [1.82, 2.24) is 4.90 Å². The van der Waals surface area contributed by atoms with Crippen LogP contribution in [0.25, 0.3) is 0 Å². The highest BCUT2D eigenvalue weighted by molar-refractivity contribution is 6.36.